The van der Waals surface area contributed by atoms with Gasteiger partial charge in [-0.15, -0.1) is 0 Å². The van der Waals surface area contributed by atoms with Gasteiger partial charge in [-0.2, -0.15) is 0 Å². The lowest BCUT2D eigenvalue weighted by Crippen LogP contribution is -2.04. The van der Waals surface area contributed by atoms with Crippen molar-refractivity contribution in [2.45, 2.75) is 6.92 Å². The number of hydrogen-bond donors (Lipinski definition) is 0. The average molecular weight is 295 g/mol. The predicted octanol–water partition coefficient (Wildman–Crippen LogP) is 4.54. The van der Waals surface area contributed by atoms with E-state index in [1.165, 1.54) is 7.11 Å². The highest BCUT2D eigenvalue weighted by Crippen LogP contribution is 2.26. The Morgan fingerprint density at radius 2 is 1.84 bits per heavy atom. The summed E-state index contributed by atoms with van der Waals surface area (Å²) in [6.45, 7) is 1.86. The number of methoxy groups -OCH3 is 1. The van der Waals surface area contributed by atoms with Gasteiger partial charge in [-0.1, -0.05) is 23.2 Å². The maximum absolute atomic E-state index is 12.5. The van der Waals surface area contributed by atoms with E-state index in [0.29, 0.717) is 26.9 Å². The fourth-order valence-corrected chi connectivity index (χ4v) is 2.09. The number of carbonyl (C=O) groups is 1. The van der Waals surface area contributed by atoms with Crippen LogP contribution in [0.25, 0.3) is 0 Å². The van der Waals surface area contributed by atoms with E-state index in [1.807, 2.05) is 6.92 Å². The van der Waals surface area contributed by atoms with E-state index in [1.54, 1.807) is 36.4 Å². The van der Waals surface area contributed by atoms with Gasteiger partial charge in [0, 0.05) is 15.6 Å². The quantitative estimate of drug-likeness (QED) is 0.777. The van der Waals surface area contributed by atoms with Gasteiger partial charge in [0.05, 0.1) is 12.7 Å². The van der Waals surface area contributed by atoms with Crippen LogP contribution in [0.15, 0.2) is 36.4 Å². The largest absolute Gasteiger partial charge is 0.496 e. The molecule has 0 spiro atoms. The van der Waals surface area contributed by atoms with Crippen LogP contribution in [0.2, 0.25) is 10.0 Å². The van der Waals surface area contributed by atoms with Gasteiger partial charge in [-0.05, 0) is 48.9 Å². The van der Waals surface area contributed by atoms with E-state index in [4.69, 9.17) is 27.9 Å². The van der Waals surface area contributed by atoms with Crippen molar-refractivity contribution in [2.24, 2.45) is 0 Å². The van der Waals surface area contributed by atoms with E-state index in [-0.39, 0.29) is 5.78 Å². The molecule has 0 atom stereocenters. The first kappa shape index (κ1) is 13.9. The molecule has 0 aliphatic heterocycles. The molecule has 0 radical (unpaired) electrons. The second-order valence-electron chi connectivity index (χ2n) is 4.14. The second kappa shape index (κ2) is 5.64. The molecule has 2 aromatic carbocycles. The summed E-state index contributed by atoms with van der Waals surface area (Å²) in [6.07, 6.45) is 0. The summed E-state index contributed by atoms with van der Waals surface area (Å²) in [7, 11) is 1.52. The third-order valence-corrected chi connectivity index (χ3v) is 3.49. The van der Waals surface area contributed by atoms with Gasteiger partial charge in [-0.3, -0.25) is 4.79 Å². The molecule has 2 nitrogen and oxygen atoms in total. The number of carbonyl (C=O) groups excluding carboxylic acids is 1. The fourth-order valence-electron chi connectivity index (χ4n) is 1.80. The molecule has 0 heterocycles. The molecule has 0 saturated heterocycles. The summed E-state index contributed by atoms with van der Waals surface area (Å²) in [5.41, 5.74) is 1.85. The van der Waals surface area contributed by atoms with Gasteiger partial charge >= 0.3 is 0 Å². The molecular formula is C15H12Cl2O2. The Morgan fingerprint density at radius 1 is 1.11 bits per heavy atom. The third-order valence-electron chi connectivity index (χ3n) is 2.83. The number of rotatable bonds is 3. The standard InChI is InChI=1S/C15H12Cl2O2/c1-9-7-10(3-5-13(9)17)15(18)12-8-11(16)4-6-14(12)19-2/h3-8H,1-2H3. The van der Waals surface area contributed by atoms with E-state index < -0.39 is 0 Å². The van der Waals surface area contributed by atoms with Gasteiger partial charge in [0.1, 0.15) is 5.75 Å². The maximum atomic E-state index is 12.5. The Bertz CT molecular complexity index is 636. The van der Waals surface area contributed by atoms with Crippen molar-refractivity contribution in [3.63, 3.8) is 0 Å². The fraction of sp³-hybridized carbons (Fsp3) is 0.133. The minimum Gasteiger partial charge on any atom is -0.496 e. The van der Waals surface area contributed by atoms with Crippen molar-refractivity contribution < 1.29 is 9.53 Å². The van der Waals surface area contributed by atoms with Crippen molar-refractivity contribution in [1.29, 1.82) is 0 Å². The van der Waals surface area contributed by atoms with Crippen molar-refractivity contribution >= 4 is 29.0 Å². The molecule has 98 valence electrons. The number of hydrogen-bond acceptors (Lipinski definition) is 2. The first-order valence-electron chi connectivity index (χ1n) is 5.67. The van der Waals surface area contributed by atoms with Crippen molar-refractivity contribution in [1.82, 2.24) is 0 Å². The molecule has 2 rings (SSSR count). The molecule has 0 unspecified atom stereocenters. The minimum atomic E-state index is -0.140. The highest BCUT2D eigenvalue weighted by Gasteiger charge is 2.15. The lowest BCUT2D eigenvalue weighted by molar-refractivity contribution is 0.103. The van der Waals surface area contributed by atoms with Gasteiger partial charge < -0.3 is 4.74 Å². The van der Waals surface area contributed by atoms with E-state index in [2.05, 4.69) is 0 Å². The summed E-state index contributed by atoms with van der Waals surface area (Å²) < 4.78 is 5.19. The monoisotopic (exact) mass is 294 g/mol. The average Bonchev–Trinajstić information content (AvgIpc) is 2.41. The van der Waals surface area contributed by atoms with Crippen LogP contribution in [0, 0.1) is 6.92 Å². The van der Waals surface area contributed by atoms with Crippen LogP contribution in [0.3, 0.4) is 0 Å². The van der Waals surface area contributed by atoms with Crippen LogP contribution in [-0.4, -0.2) is 12.9 Å². The number of aryl methyl sites for hydroxylation is 1. The third kappa shape index (κ3) is 2.91. The Kier molecular flexibility index (Phi) is 4.13. The predicted molar refractivity (Wildman–Crippen MR) is 77.6 cm³/mol. The highest BCUT2D eigenvalue weighted by atomic mass is 35.5. The van der Waals surface area contributed by atoms with Gasteiger partial charge in [-0.25, -0.2) is 0 Å². The van der Waals surface area contributed by atoms with Crippen LogP contribution in [0.4, 0.5) is 0 Å². The summed E-state index contributed by atoms with van der Waals surface area (Å²) >= 11 is 11.9. The zero-order valence-corrected chi connectivity index (χ0v) is 12.0. The van der Waals surface area contributed by atoms with Crippen molar-refractivity contribution in [3.05, 3.63) is 63.1 Å². The van der Waals surface area contributed by atoms with Gasteiger partial charge in [0.2, 0.25) is 0 Å². The smallest absolute Gasteiger partial charge is 0.196 e. The summed E-state index contributed by atoms with van der Waals surface area (Å²) in [5, 5.41) is 1.13. The molecule has 0 amide bonds. The number of benzene rings is 2. The summed E-state index contributed by atoms with van der Waals surface area (Å²) in [5.74, 6) is 0.362. The normalized spacial score (nSPS) is 10.3. The highest BCUT2D eigenvalue weighted by molar-refractivity contribution is 6.32. The Hall–Kier alpha value is -1.51. The maximum Gasteiger partial charge on any atom is 0.196 e. The van der Waals surface area contributed by atoms with Crippen molar-refractivity contribution in [2.75, 3.05) is 7.11 Å². The van der Waals surface area contributed by atoms with E-state index in [9.17, 15) is 4.79 Å². The van der Waals surface area contributed by atoms with Crippen LogP contribution in [-0.2, 0) is 0 Å². The molecule has 19 heavy (non-hydrogen) atoms. The Balaban J connectivity index is 2.49. The molecule has 0 N–H and O–H groups in total. The van der Waals surface area contributed by atoms with Gasteiger partial charge in [0.15, 0.2) is 5.78 Å². The molecule has 0 bridgehead atoms. The zero-order valence-electron chi connectivity index (χ0n) is 10.5. The number of ether oxygens (including phenoxy) is 1. The summed E-state index contributed by atoms with van der Waals surface area (Å²) in [6, 6.07) is 10.1. The lowest BCUT2D eigenvalue weighted by Gasteiger charge is -2.09. The molecule has 0 aliphatic rings. The SMILES string of the molecule is COc1ccc(Cl)cc1C(=O)c1ccc(Cl)c(C)c1. The van der Waals surface area contributed by atoms with Crippen LogP contribution >= 0.6 is 23.2 Å². The molecule has 2 aromatic rings. The molecule has 0 fully saturated rings. The first-order chi connectivity index (χ1) is 9.02. The molecule has 0 saturated carbocycles. The lowest BCUT2D eigenvalue weighted by atomic mass is 10.0. The Labute approximate surface area is 121 Å². The topological polar surface area (TPSA) is 26.3 Å². The zero-order chi connectivity index (χ0) is 14.0. The molecular weight excluding hydrogens is 283 g/mol. The summed E-state index contributed by atoms with van der Waals surface area (Å²) in [4.78, 5) is 12.5. The second-order valence-corrected chi connectivity index (χ2v) is 4.98. The van der Waals surface area contributed by atoms with Crippen molar-refractivity contribution in [3.8, 4) is 5.75 Å². The number of halogens is 2. The molecule has 0 aromatic heterocycles. The number of ketones is 1. The van der Waals surface area contributed by atoms with Crippen LogP contribution < -0.4 is 4.74 Å². The molecule has 4 heteroatoms. The Morgan fingerprint density at radius 3 is 2.47 bits per heavy atom. The molecule has 0 aliphatic carbocycles. The van der Waals surface area contributed by atoms with E-state index >= 15 is 0 Å². The van der Waals surface area contributed by atoms with E-state index in [0.717, 1.165) is 5.56 Å². The van der Waals surface area contributed by atoms with Crippen LogP contribution in [0.5, 0.6) is 5.75 Å². The first-order valence-corrected chi connectivity index (χ1v) is 6.43. The van der Waals surface area contributed by atoms with Crippen LogP contribution in [0.1, 0.15) is 21.5 Å². The minimum absolute atomic E-state index is 0.140. The van der Waals surface area contributed by atoms with Gasteiger partial charge in [0.25, 0.3) is 0 Å².